The fourth-order valence-electron chi connectivity index (χ4n) is 1.96. The molecular weight excluding hydrogens is 216 g/mol. The van der Waals surface area contributed by atoms with Gasteiger partial charge >= 0.3 is 5.97 Å². The fourth-order valence-corrected chi connectivity index (χ4v) is 1.96. The first-order valence-electron chi connectivity index (χ1n) is 5.47. The van der Waals surface area contributed by atoms with Gasteiger partial charge in [-0.25, -0.2) is 0 Å². The SMILES string of the molecule is C=COCC(CC(=C)C)(CC(=C)C)C(=O)OC. The van der Waals surface area contributed by atoms with Gasteiger partial charge in [-0.05, 0) is 26.7 Å². The van der Waals surface area contributed by atoms with Crippen LogP contribution in [0.4, 0.5) is 0 Å². The lowest BCUT2D eigenvalue weighted by Crippen LogP contribution is -2.37. The number of ether oxygens (including phenoxy) is 2. The number of methoxy groups -OCH3 is 1. The number of carbonyl (C=O) groups is 1. The molecule has 0 radical (unpaired) electrons. The summed E-state index contributed by atoms with van der Waals surface area (Å²) in [6.07, 6.45) is 2.36. The van der Waals surface area contributed by atoms with E-state index in [0.717, 1.165) is 11.1 Å². The Hall–Kier alpha value is -1.51. The molecule has 0 saturated heterocycles. The Morgan fingerprint density at radius 2 is 1.71 bits per heavy atom. The summed E-state index contributed by atoms with van der Waals surface area (Å²) in [4.78, 5) is 12.0. The number of rotatable bonds is 8. The third-order valence-electron chi connectivity index (χ3n) is 2.38. The predicted molar refractivity (Wildman–Crippen MR) is 69.5 cm³/mol. The number of esters is 1. The Morgan fingerprint density at radius 1 is 1.24 bits per heavy atom. The molecule has 0 rings (SSSR count). The molecule has 3 heteroatoms. The molecule has 0 spiro atoms. The van der Waals surface area contributed by atoms with Gasteiger partial charge in [-0.3, -0.25) is 4.79 Å². The lowest BCUT2D eigenvalue weighted by Gasteiger charge is -2.30. The van der Waals surface area contributed by atoms with Gasteiger partial charge in [0.2, 0.25) is 0 Å². The lowest BCUT2D eigenvalue weighted by molar-refractivity contribution is -0.155. The zero-order valence-corrected chi connectivity index (χ0v) is 11.0. The molecule has 0 bridgehead atoms. The minimum atomic E-state index is -0.749. The van der Waals surface area contributed by atoms with E-state index in [-0.39, 0.29) is 12.6 Å². The lowest BCUT2D eigenvalue weighted by atomic mass is 9.77. The third-order valence-corrected chi connectivity index (χ3v) is 2.38. The molecule has 0 fully saturated rings. The quantitative estimate of drug-likeness (QED) is 0.370. The van der Waals surface area contributed by atoms with E-state index < -0.39 is 5.41 Å². The van der Waals surface area contributed by atoms with Gasteiger partial charge in [0.25, 0.3) is 0 Å². The molecule has 0 heterocycles. The molecular formula is C14H22O3. The molecule has 96 valence electrons. The van der Waals surface area contributed by atoms with Crippen LogP contribution in [0.2, 0.25) is 0 Å². The Balaban J connectivity index is 5.17. The molecule has 0 unspecified atom stereocenters. The van der Waals surface area contributed by atoms with Crippen molar-refractivity contribution in [3.63, 3.8) is 0 Å². The van der Waals surface area contributed by atoms with Crippen LogP contribution >= 0.6 is 0 Å². The first-order chi connectivity index (χ1) is 7.88. The summed E-state index contributed by atoms with van der Waals surface area (Å²) in [6.45, 7) is 15.2. The zero-order valence-electron chi connectivity index (χ0n) is 11.0. The second-order valence-corrected chi connectivity index (χ2v) is 4.52. The number of hydrogen-bond donors (Lipinski definition) is 0. The molecule has 0 aliphatic carbocycles. The highest BCUT2D eigenvalue weighted by Gasteiger charge is 2.40. The number of allylic oxidation sites excluding steroid dienone is 2. The minimum absolute atomic E-state index is 0.225. The van der Waals surface area contributed by atoms with Gasteiger partial charge in [-0.1, -0.05) is 17.7 Å². The van der Waals surface area contributed by atoms with Crippen LogP contribution in [0.5, 0.6) is 0 Å². The van der Waals surface area contributed by atoms with Crippen LogP contribution in [0.25, 0.3) is 0 Å². The Bertz CT molecular complexity index is 299. The van der Waals surface area contributed by atoms with E-state index in [1.807, 2.05) is 13.8 Å². The van der Waals surface area contributed by atoms with E-state index in [1.54, 1.807) is 0 Å². The maximum Gasteiger partial charge on any atom is 0.315 e. The normalized spacial score (nSPS) is 10.5. The molecule has 0 amide bonds. The van der Waals surface area contributed by atoms with Gasteiger partial charge in [-0.15, -0.1) is 13.2 Å². The van der Waals surface area contributed by atoms with E-state index in [4.69, 9.17) is 9.47 Å². The first kappa shape index (κ1) is 15.5. The van der Waals surface area contributed by atoms with Gasteiger partial charge in [0.1, 0.15) is 12.0 Å². The first-order valence-corrected chi connectivity index (χ1v) is 5.47. The third kappa shape index (κ3) is 4.89. The largest absolute Gasteiger partial charge is 0.501 e. The van der Waals surface area contributed by atoms with Crippen molar-refractivity contribution in [2.45, 2.75) is 26.7 Å². The van der Waals surface area contributed by atoms with Crippen LogP contribution in [-0.4, -0.2) is 19.7 Å². The van der Waals surface area contributed by atoms with E-state index in [9.17, 15) is 4.79 Å². The van der Waals surface area contributed by atoms with E-state index in [2.05, 4.69) is 19.7 Å². The monoisotopic (exact) mass is 238 g/mol. The van der Waals surface area contributed by atoms with Crippen molar-refractivity contribution in [3.05, 3.63) is 37.1 Å². The molecule has 0 aromatic heterocycles. The topological polar surface area (TPSA) is 35.5 Å². The van der Waals surface area contributed by atoms with Crippen molar-refractivity contribution in [3.8, 4) is 0 Å². The molecule has 0 aliphatic rings. The van der Waals surface area contributed by atoms with Gasteiger partial charge in [0, 0.05) is 0 Å². The molecule has 0 atom stereocenters. The van der Waals surface area contributed by atoms with Crippen molar-refractivity contribution in [1.29, 1.82) is 0 Å². The molecule has 0 aromatic rings. The average Bonchev–Trinajstić information content (AvgIpc) is 2.23. The van der Waals surface area contributed by atoms with Gasteiger partial charge in [0.15, 0.2) is 0 Å². The Morgan fingerprint density at radius 3 is 2.00 bits per heavy atom. The van der Waals surface area contributed by atoms with Crippen LogP contribution in [0.1, 0.15) is 26.7 Å². The van der Waals surface area contributed by atoms with Crippen LogP contribution in [0.15, 0.2) is 37.1 Å². The van der Waals surface area contributed by atoms with Gasteiger partial charge < -0.3 is 9.47 Å². The summed E-state index contributed by atoms with van der Waals surface area (Å²) in [7, 11) is 1.38. The zero-order chi connectivity index (χ0) is 13.5. The maximum atomic E-state index is 12.0. The Labute approximate surface area is 104 Å². The fraction of sp³-hybridized carbons (Fsp3) is 0.500. The molecule has 0 N–H and O–H groups in total. The van der Waals surface area contributed by atoms with Crippen LogP contribution < -0.4 is 0 Å². The molecule has 3 nitrogen and oxygen atoms in total. The van der Waals surface area contributed by atoms with Crippen molar-refractivity contribution in [2.24, 2.45) is 5.41 Å². The molecule has 0 aromatic carbocycles. The standard InChI is InChI=1S/C14H22O3/c1-7-17-10-14(8-11(2)3,9-12(4)5)13(15)16-6/h7H,1-2,4,8-10H2,3,5-6H3. The van der Waals surface area contributed by atoms with Gasteiger partial charge in [-0.2, -0.15) is 0 Å². The minimum Gasteiger partial charge on any atom is -0.501 e. The number of carbonyl (C=O) groups excluding carboxylic acids is 1. The second kappa shape index (κ2) is 6.94. The number of hydrogen-bond acceptors (Lipinski definition) is 3. The summed E-state index contributed by atoms with van der Waals surface area (Å²) in [5.41, 5.74) is 1.06. The summed E-state index contributed by atoms with van der Waals surface area (Å²) in [5, 5.41) is 0. The highest BCUT2D eigenvalue weighted by Crippen LogP contribution is 2.34. The average molecular weight is 238 g/mol. The summed E-state index contributed by atoms with van der Waals surface area (Å²) in [6, 6.07) is 0. The van der Waals surface area contributed by atoms with E-state index in [1.165, 1.54) is 13.4 Å². The molecule has 17 heavy (non-hydrogen) atoms. The smallest absolute Gasteiger partial charge is 0.315 e. The highest BCUT2D eigenvalue weighted by molar-refractivity contribution is 5.77. The van der Waals surface area contributed by atoms with Crippen LogP contribution in [0.3, 0.4) is 0 Å². The van der Waals surface area contributed by atoms with Crippen molar-refractivity contribution < 1.29 is 14.3 Å². The van der Waals surface area contributed by atoms with Crippen molar-refractivity contribution >= 4 is 5.97 Å². The molecule has 0 saturated carbocycles. The van der Waals surface area contributed by atoms with Gasteiger partial charge in [0.05, 0.1) is 13.4 Å². The van der Waals surface area contributed by atoms with Crippen LogP contribution in [-0.2, 0) is 14.3 Å². The summed E-state index contributed by atoms with van der Waals surface area (Å²) < 4.78 is 10.1. The summed E-state index contributed by atoms with van der Waals surface area (Å²) >= 11 is 0. The summed E-state index contributed by atoms with van der Waals surface area (Å²) in [5.74, 6) is -0.301. The maximum absolute atomic E-state index is 12.0. The van der Waals surface area contributed by atoms with Crippen molar-refractivity contribution in [2.75, 3.05) is 13.7 Å². The van der Waals surface area contributed by atoms with E-state index in [0.29, 0.717) is 12.8 Å². The highest BCUT2D eigenvalue weighted by atomic mass is 16.5. The second-order valence-electron chi connectivity index (χ2n) is 4.52. The van der Waals surface area contributed by atoms with Crippen molar-refractivity contribution in [1.82, 2.24) is 0 Å². The Kier molecular flexibility index (Phi) is 6.33. The van der Waals surface area contributed by atoms with Crippen LogP contribution in [0, 0.1) is 5.41 Å². The van der Waals surface area contributed by atoms with E-state index >= 15 is 0 Å². The predicted octanol–water partition coefficient (Wildman–Crippen LogP) is 3.24. The molecule has 0 aliphatic heterocycles.